The molecule has 0 aromatic heterocycles. The van der Waals surface area contributed by atoms with Gasteiger partial charge in [0.1, 0.15) is 12.8 Å². The summed E-state index contributed by atoms with van der Waals surface area (Å²) >= 11 is 0. The molecule has 2 nitrogen and oxygen atoms in total. The lowest BCUT2D eigenvalue weighted by atomic mass is 10.2. The lowest BCUT2D eigenvalue weighted by molar-refractivity contribution is 0.152. The average molecular weight is 172 g/mol. The maximum Gasteiger partial charge on any atom is 0.139 e. The van der Waals surface area contributed by atoms with Gasteiger partial charge in [0.25, 0.3) is 0 Å². The second-order valence-electron chi connectivity index (χ2n) is 2.36. The van der Waals surface area contributed by atoms with Crippen LogP contribution in [0.5, 0.6) is 0 Å². The molecule has 0 atom stereocenters. The number of hydrogen-bond donors (Lipinski definition) is 0. The first kappa shape index (κ1) is 9.34. The third kappa shape index (κ3) is 3.97. The molecule has 0 aliphatic rings. The van der Waals surface area contributed by atoms with Crippen LogP contribution in [-0.2, 0) is 4.84 Å². The van der Waals surface area contributed by atoms with E-state index in [-0.39, 0.29) is 0 Å². The summed E-state index contributed by atoms with van der Waals surface area (Å²) in [6, 6.07) is 9.56. The van der Waals surface area contributed by atoms with Crippen LogP contribution >= 0.6 is 0 Å². The Labute approximate surface area is 78.2 Å². The zero-order valence-electron chi connectivity index (χ0n) is 7.23. The molecule has 0 aliphatic heterocycles. The highest BCUT2D eigenvalue weighted by Crippen LogP contribution is 1.94. The van der Waals surface area contributed by atoms with Gasteiger partial charge in [0.15, 0.2) is 0 Å². The van der Waals surface area contributed by atoms with E-state index in [0.717, 1.165) is 5.56 Å². The van der Waals surface area contributed by atoms with Gasteiger partial charge in [-0.05, 0) is 0 Å². The van der Waals surface area contributed by atoms with E-state index in [0.29, 0.717) is 13.0 Å². The largest absolute Gasteiger partial charge is 0.394 e. The van der Waals surface area contributed by atoms with Crippen LogP contribution in [0.3, 0.4) is 0 Å². The first-order chi connectivity index (χ1) is 6.43. The summed E-state index contributed by atoms with van der Waals surface area (Å²) < 4.78 is 0. The molecule has 1 radical (unpaired) electrons. The Morgan fingerprint density at radius 2 is 2.08 bits per heavy atom. The first-order valence-electron chi connectivity index (χ1n) is 4.00. The Hall–Kier alpha value is -1.75. The van der Waals surface area contributed by atoms with Crippen molar-refractivity contribution < 1.29 is 4.84 Å². The van der Waals surface area contributed by atoms with Gasteiger partial charge in [0.05, 0.1) is 0 Å². The van der Waals surface area contributed by atoms with Crippen LogP contribution in [0.25, 0.3) is 0 Å². The molecule has 13 heavy (non-hydrogen) atoms. The molecule has 0 saturated heterocycles. The Morgan fingerprint density at radius 1 is 1.31 bits per heavy atom. The van der Waals surface area contributed by atoms with E-state index >= 15 is 0 Å². The molecule has 0 aliphatic carbocycles. The number of hydrogen-bond acceptors (Lipinski definition) is 2. The van der Waals surface area contributed by atoms with Gasteiger partial charge < -0.3 is 4.84 Å². The van der Waals surface area contributed by atoms with Crippen molar-refractivity contribution in [2.24, 2.45) is 5.16 Å². The van der Waals surface area contributed by atoms with Gasteiger partial charge in [-0.25, -0.2) is 0 Å². The molecular formula is C11H10NO. The zero-order chi connectivity index (χ0) is 9.36. The smallest absolute Gasteiger partial charge is 0.139 e. The summed E-state index contributed by atoms with van der Waals surface area (Å²) in [5.41, 5.74) is 0.892. The van der Waals surface area contributed by atoms with Crippen molar-refractivity contribution in [3.8, 4) is 12.3 Å². The Balaban J connectivity index is 2.29. The molecule has 2 heteroatoms. The first-order valence-corrected chi connectivity index (χ1v) is 4.00. The molecule has 0 N–H and O–H groups in total. The minimum Gasteiger partial charge on any atom is -0.394 e. The predicted octanol–water partition coefficient (Wildman–Crippen LogP) is 1.94. The molecule has 1 aromatic rings. The van der Waals surface area contributed by atoms with Crippen molar-refractivity contribution in [2.75, 3.05) is 6.61 Å². The fraction of sp³-hybridized carbons (Fsp3) is 0.182. The van der Waals surface area contributed by atoms with E-state index in [1.165, 1.54) is 0 Å². The van der Waals surface area contributed by atoms with Gasteiger partial charge in [0, 0.05) is 12.0 Å². The summed E-state index contributed by atoms with van der Waals surface area (Å²) in [6.45, 7) is 0.441. The molecule has 0 spiro atoms. The van der Waals surface area contributed by atoms with E-state index in [9.17, 15) is 0 Å². The van der Waals surface area contributed by atoms with E-state index < -0.39 is 0 Å². The van der Waals surface area contributed by atoms with Crippen molar-refractivity contribution in [1.29, 1.82) is 0 Å². The van der Waals surface area contributed by atoms with E-state index in [1.54, 1.807) is 0 Å². The van der Waals surface area contributed by atoms with Crippen molar-refractivity contribution in [1.82, 2.24) is 0 Å². The zero-order valence-corrected chi connectivity index (χ0v) is 7.23. The minimum absolute atomic E-state index is 0.441. The molecule has 0 saturated carbocycles. The van der Waals surface area contributed by atoms with Crippen LogP contribution in [-0.4, -0.2) is 12.8 Å². The van der Waals surface area contributed by atoms with E-state index in [2.05, 4.69) is 17.3 Å². The Bertz CT molecular complexity index is 298. The molecule has 0 amide bonds. The average Bonchev–Trinajstić information content (AvgIpc) is 2.19. The van der Waals surface area contributed by atoms with E-state index in [4.69, 9.17) is 11.3 Å². The maximum atomic E-state index is 5.03. The highest BCUT2D eigenvalue weighted by Gasteiger charge is 1.84. The minimum atomic E-state index is 0.441. The molecule has 1 rings (SSSR count). The number of nitrogens with zero attached hydrogens (tertiary/aromatic N) is 1. The fourth-order valence-corrected chi connectivity index (χ4v) is 0.748. The van der Waals surface area contributed by atoms with Crippen LogP contribution < -0.4 is 0 Å². The summed E-state index contributed by atoms with van der Waals surface area (Å²) in [4.78, 5) is 4.85. The number of benzene rings is 1. The summed E-state index contributed by atoms with van der Waals surface area (Å²) in [7, 11) is 0. The molecular weight excluding hydrogens is 162 g/mol. The summed E-state index contributed by atoms with van der Waals surface area (Å²) in [5.74, 6) is 2.45. The molecule has 0 bridgehead atoms. The van der Waals surface area contributed by atoms with Crippen LogP contribution in [0.4, 0.5) is 0 Å². The van der Waals surface area contributed by atoms with E-state index in [1.807, 2.05) is 30.3 Å². The summed E-state index contributed by atoms with van der Waals surface area (Å²) in [6.07, 6.45) is 8.34. The van der Waals surface area contributed by atoms with Crippen LogP contribution in [0.2, 0.25) is 0 Å². The molecule has 65 valence electrons. The standard InChI is InChI=1S/C11H10NO/c1-2-3-9-13-12-10-11-7-5-4-6-8-11/h1,4-8H,3,9H2. The van der Waals surface area contributed by atoms with Gasteiger partial charge in [-0.2, -0.15) is 0 Å². The van der Waals surface area contributed by atoms with Crippen molar-refractivity contribution in [3.05, 3.63) is 35.9 Å². The second-order valence-corrected chi connectivity index (χ2v) is 2.36. The molecule has 0 heterocycles. The van der Waals surface area contributed by atoms with Gasteiger partial charge in [-0.15, -0.1) is 12.3 Å². The Morgan fingerprint density at radius 3 is 2.77 bits per heavy atom. The topological polar surface area (TPSA) is 21.6 Å². The van der Waals surface area contributed by atoms with Crippen LogP contribution in [0.15, 0.2) is 35.5 Å². The quantitative estimate of drug-likeness (QED) is 0.294. The van der Waals surface area contributed by atoms with Gasteiger partial charge in [-0.1, -0.05) is 35.5 Å². The number of rotatable bonds is 4. The van der Waals surface area contributed by atoms with Crippen molar-refractivity contribution in [2.45, 2.75) is 6.42 Å². The van der Waals surface area contributed by atoms with Crippen molar-refractivity contribution >= 4 is 6.21 Å². The van der Waals surface area contributed by atoms with Gasteiger partial charge >= 0.3 is 0 Å². The highest BCUT2D eigenvalue weighted by atomic mass is 16.6. The maximum absolute atomic E-state index is 5.03. The lowest BCUT2D eigenvalue weighted by Gasteiger charge is -1.92. The fourth-order valence-electron chi connectivity index (χ4n) is 0.748. The van der Waals surface area contributed by atoms with Crippen LogP contribution in [0.1, 0.15) is 12.0 Å². The number of terminal acetylenes is 1. The molecule has 0 unspecified atom stereocenters. The lowest BCUT2D eigenvalue weighted by Crippen LogP contribution is -1.86. The SMILES string of the molecule is C#CCCON=[C]c1ccccc1. The van der Waals surface area contributed by atoms with Crippen molar-refractivity contribution in [3.63, 3.8) is 0 Å². The van der Waals surface area contributed by atoms with Crippen LogP contribution in [0, 0.1) is 12.3 Å². The Kier molecular flexibility index (Phi) is 4.20. The predicted molar refractivity (Wildman–Crippen MR) is 52.4 cm³/mol. The highest BCUT2D eigenvalue weighted by molar-refractivity contribution is 5.78. The van der Waals surface area contributed by atoms with Gasteiger partial charge in [-0.3, -0.25) is 0 Å². The third-order valence-electron chi connectivity index (χ3n) is 1.35. The van der Waals surface area contributed by atoms with Gasteiger partial charge in [0.2, 0.25) is 0 Å². The second kappa shape index (κ2) is 5.84. The molecule has 0 fully saturated rings. The molecule has 1 aromatic carbocycles. The summed E-state index contributed by atoms with van der Waals surface area (Å²) in [5, 5.41) is 3.63. The normalized spacial score (nSPS) is 9.77. The third-order valence-corrected chi connectivity index (χ3v) is 1.35. The monoisotopic (exact) mass is 172 g/mol.